The van der Waals surface area contributed by atoms with Gasteiger partial charge in [0.25, 0.3) is 6.01 Å². The van der Waals surface area contributed by atoms with Crippen molar-refractivity contribution in [3.63, 3.8) is 0 Å². The summed E-state index contributed by atoms with van der Waals surface area (Å²) in [5, 5.41) is 0. The van der Waals surface area contributed by atoms with Crippen molar-refractivity contribution in [1.29, 1.82) is 0 Å². The molecule has 7 heteroatoms. The van der Waals surface area contributed by atoms with Crippen LogP contribution in [-0.4, -0.2) is 40.0 Å². The fourth-order valence-corrected chi connectivity index (χ4v) is 3.88. The minimum absolute atomic E-state index is 0.264. The van der Waals surface area contributed by atoms with E-state index in [9.17, 15) is 8.78 Å². The van der Waals surface area contributed by atoms with Gasteiger partial charge in [0.1, 0.15) is 17.2 Å². The van der Waals surface area contributed by atoms with E-state index in [0.717, 1.165) is 19.5 Å². The Hall–Kier alpha value is -2.54. The zero-order chi connectivity index (χ0) is 17.0. The predicted octanol–water partition coefficient (Wildman–Crippen LogP) is 2.96. The van der Waals surface area contributed by atoms with Crippen LogP contribution < -0.4 is 4.90 Å². The van der Waals surface area contributed by atoms with Gasteiger partial charge in [0, 0.05) is 44.0 Å². The van der Waals surface area contributed by atoms with Crippen LogP contribution in [0.3, 0.4) is 0 Å². The molecule has 0 spiro atoms. The number of fused-ring (bicyclic) bond motifs is 3. The Labute approximate surface area is 142 Å². The lowest BCUT2D eigenvalue weighted by Gasteiger charge is -2.55. The third-order valence-electron chi connectivity index (χ3n) is 5.04. The topological polar surface area (TPSA) is 45.4 Å². The van der Waals surface area contributed by atoms with Gasteiger partial charge in [0.15, 0.2) is 5.58 Å². The second-order valence-corrected chi connectivity index (χ2v) is 6.69. The van der Waals surface area contributed by atoms with Gasteiger partial charge in [-0.3, -0.25) is 9.88 Å². The van der Waals surface area contributed by atoms with E-state index in [1.807, 2.05) is 0 Å². The number of hydrogen-bond acceptors (Lipinski definition) is 5. The summed E-state index contributed by atoms with van der Waals surface area (Å²) < 4.78 is 32.9. The number of aromatic nitrogens is 2. The predicted molar refractivity (Wildman–Crippen MR) is 88.1 cm³/mol. The molecule has 2 aromatic heterocycles. The summed E-state index contributed by atoms with van der Waals surface area (Å²) in [7, 11) is 0. The van der Waals surface area contributed by atoms with Gasteiger partial charge in [-0.2, -0.15) is 4.98 Å². The molecule has 3 aliphatic rings. The van der Waals surface area contributed by atoms with Crippen LogP contribution in [-0.2, 0) is 6.54 Å². The van der Waals surface area contributed by atoms with Crippen molar-refractivity contribution in [2.45, 2.75) is 25.0 Å². The molecule has 5 heterocycles. The number of rotatable bonds is 3. The van der Waals surface area contributed by atoms with Gasteiger partial charge in [-0.1, -0.05) is 0 Å². The van der Waals surface area contributed by atoms with Crippen LogP contribution in [0.4, 0.5) is 14.8 Å². The Morgan fingerprint density at radius 3 is 2.80 bits per heavy atom. The van der Waals surface area contributed by atoms with Crippen LogP contribution in [0.1, 0.15) is 12.1 Å². The molecule has 6 rings (SSSR count). The molecule has 3 fully saturated rings. The number of oxazole rings is 1. The van der Waals surface area contributed by atoms with Crippen LogP contribution in [0.2, 0.25) is 0 Å². The van der Waals surface area contributed by atoms with E-state index in [1.54, 1.807) is 18.3 Å². The number of piperazine rings is 1. The highest BCUT2D eigenvalue weighted by molar-refractivity contribution is 5.74. The number of hydrogen-bond donors (Lipinski definition) is 0. The Balaban J connectivity index is 1.33. The van der Waals surface area contributed by atoms with Crippen molar-refractivity contribution in [1.82, 2.24) is 14.9 Å². The summed E-state index contributed by atoms with van der Waals surface area (Å²) in [6.07, 6.45) is 2.68. The highest BCUT2D eigenvalue weighted by Gasteiger charge is 2.46. The highest BCUT2D eigenvalue weighted by atomic mass is 19.1. The van der Waals surface area contributed by atoms with Crippen molar-refractivity contribution >= 4 is 17.1 Å². The fraction of sp³-hybridized carbons (Fsp3) is 0.333. The van der Waals surface area contributed by atoms with Gasteiger partial charge < -0.3 is 9.32 Å². The minimum Gasteiger partial charge on any atom is -0.423 e. The quantitative estimate of drug-likeness (QED) is 0.732. The molecule has 0 radical (unpaired) electrons. The van der Waals surface area contributed by atoms with Crippen molar-refractivity contribution < 1.29 is 13.2 Å². The van der Waals surface area contributed by atoms with E-state index in [4.69, 9.17) is 4.42 Å². The van der Waals surface area contributed by atoms with Gasteiger partial charge >= 0.3 is 0 Å². The van der Waals surface area contributed by atoms with E-state index < -0.39 is 0 Å². The monoisotopic (exact) mass is 342 g/mol. The first-order chi connectivity index (χ1) is 12.2. The number of piperidine rings is 1. The first kappa shape index (κ1) is 14.8. The molecule has 0 saturated carbocycles. The van der Waals surface area contributed by atoms with E-state index >= 15 is 0 Å². The summed E-state index contributed by atoms with van der Waals surface area (Å²) in [6.45, 7) is 2.12. The first-order valence-electron chi connectivity index (χ1n) is 8.33. The molecule has 25 heavy (non-hydrogen) atoms. The van der Waals surface area contributed by atoms with Gasteiger partial charge in [-0.15, -0.1) is 0 Å². The van der Waals surface area contributed by atoms with Crippen molar-refractivity contribution in [2.24, 2.45) is 0 Å². The maximum atomic E-state index is 13.8. The lowest BCUT2D eigenvalue weighted by molar-refractivity contribution is 0.100. The maximum absolute atomic E-state index is 13.8. The number of benzene rings is 1. The van der Waals surface area contributed by atoms with Gasteiger partial charge in [0.2, 0.25) is 0 Å². The number of halogens is 2. The Bertz CT molecular complexity index is 932. The normalized spacial score (nSPS) is 23.0. The number of nitrogens with zero attached hydrogens (tertiary/aromatic N) is 4. The zero-order valence-corrected chi connectivity index (χ0v) is 13.4. The number of pyridine rings is 1. The fourth-order valence-electron chi connectivity index (χ4n) is 3.88. The van der Waals surface area contributed by atoms with Crippen molar-refractivity contribution in [3.8, 4) is 0 Å². The number of anilines is 1. The summed E-state index contributed by atoms with van der Waals surface area (Å²) >= 11 is 0. The van der Waals surface area contributed by atoms with E-state index in [-0.39, 0.29) is 23.7 Å². The molecule has 2 bridgehead atoms. The second kappa shape index (κ2) is 5.49. The third-order valence-corrected chi connectivity index (χ3v) is 5.04. The maximum Gasteiger partial charge on any atom is 0.298 e. The van der Waals surface area contributed by atoms with Crippen LogP contribution in [0.15, 0.2) is 40.9 Å². The van der Waals surface area contributed by atoms with Crippen LogP contribution in [0.25, 0.3) is 11.1 Å². The molecule has 0 amide bonds. The average molecular weight is 342 g/mol. The van der Waals surface area contributed by atoms with Crippen LogP contribution >= 0.6 is 0 Å². The molecule has 0 aliphatic carbocycles. The van der Waals surface area contributed by atoms with E-state index in [1.165, 1.54) is 18.2 Å². The van der Waals surface area contributed by atoms with Crippen molar-refractivity contribution in [3.05, 3.63) is 53.9 Å². The molecule has 5 nitrogen and oxygen atoms in total. The molecule has 3 aromatic rings. The SMILES string of the molecule is Fc1ccc2nc(N3C4CC3CN(Cc3ncccc3F)C4)oc2c1. The molecular formula is C18H16F2N4O. The van der Waals surface area contributed by atoms with Crippen molar-refractivity contribution in [2.75, 3.05) is 18.0 Å². The van der Waals surface area contributed by atoms with Gasteiger partial charge in [0.05, 0.1) is 5.69 Å². The Morgan fingerprint density at radius 1 is 1.16 bits per heavy atom. The van der Waals surface area contributed by atoms with E-state index in [0.29, 0.717) is 29.4 Å². The molecule has 1 aromatic carbocycles. The molecule has 2 unspecified atom stereocenters. The van der Waals surface area contributed by atoms with E-state index in [2.05, 4.69) is 19.8 Å². The van der Waals surface area contributed by atoms with Crippen LogP contribution in [0, 0.1) is 11.6 Å². The lowest BCUT2D eigenvalue weighted by Crippen LogP contribution is -2.69. The molecule has 3 saturated heterocycles. The summed E-state index contributed by atoms with van der Waals surface area (Å²) in [4.78, 5) is 13.0. The Kier molecular flexibility index (Phi) is 3.24. The third kappa shape index (κ3) is 2.46. The second-order valence-electron chi connectivity index (χ2n) is 6.69. The lowest BCUT2D eigenvalue weighted by atomic mass is 9.88. The summed E-state index contributed by atoms with van der Waals surface area (Å²) in [6, 6.07) is 8.52. The molecule has 2 atom stereocenters. The smallest absolute Gasteiger partial charge is 0.298 e. The summed E-state index contributed by atoms with van der Waals surface area (Å²) in [5.41, 5.74) is 1.61. The van der Waals surface area contributed by atoms with Crippen LogP contribution in [0.5, 0.6) is 0 Å². The molecule has 3 aliphatic heterocycles. The van der Waals surface area contributed by atoms with Gasteiger partial charge in [-0.25, -0.2) is 8.78 Å². The summed E-state index contributed by atoms with van der Waals surface area (Å²) in [5.74, 6) is -0.595. The molecular weight excluding hydrogens is 326 g/mol. The largest absolute Gasteiger partial charge is 0.423 e. The molecule has 0 N–H and O–H groups in total. The minimum atomic E-state index is -0.331. The Morgan fingerprint density at radius 2 is 2.00 bits per heavy atom. The molecule has 128 valence electrons. The van der Waals surface area contributed by atoms with Gasteiger partial charge in [-0.05, 0) is 30.7 Å². The standard InChI is InChI=1S/C18H16F2N4O/c19-11-3-4-15-17(6-11)25-18(22-15)24-12-7-13(24)9-23(8-12)10-16-14(20)2-1-5-21-16/h1-6,12-13H,7-10H2. The first-order valence-corrected chi connectivity index (χ1v) is 8.33. The average Bonchev–Trinajstić information content (AvgIpc) is 2.99. The highest BCUT2D eigenvalue weighted by Crippen LogP contribution is 2.38. The zero-order valence-electron chi connectivity index (χ0n) is 13.4.